The number of carbonyl (C=O) groups excluding carboxylic acids is 2. The monoisotopic (exact) mass is 380 g/mol. The number of esters is 2. The molecule has 152 valence electrons. The summed E-state index contributed by atoms with van der Waals surface area (Å²) in [6.45, 7) is 10.8. The van der Waals surface area contributed by atoms with Crippen molar-refractivity contribution in [1.29, 1.82) is 0 Å². The van der Waals surface area contributed by atoms with E-state index in [1.807, 2.05) is 34.6 Å². The van der Waals surface area contributed by atoms with Crippen LogP contribution in [0.4, 0.5) is 0 Å². The van der Waals surface area contributed by atoms with Gasteiger partial charge < -0.3 is 19.9 Å². The van der Waals surface area contributed by atoms with E-state index >= 15 is 0 Å². The quantitative estimate of drug-likeness (QED) is 0.635. The van der Waals surface area contributed by atoms with Crippen molar-refractivity contribution in [2.75, 3.05) is 6.54 Å². The molecule has 2 N–H and O–H groups in total. The molecule has 0 saturated carbocycles. The first-order valence-corrected chi connectivity index (χ1v) is 9.20. The molecule has 1 aromatic rings. The van der Waals surface area contributed by atoms with Crippen molar-refractivity contribution >= 4 is 11.9 Å². The molecule has 1 heterocycles. The number of hydrogen-bond acceptors (Lipinski definition) is 7. The van der Waals surface area contributed by atoms with Gasteiger partial charge in [-0.25, -0.2) is 0 Å². The van der Waals surface area contributed by atoms with Gasteiger partial charge >= 0.3 is 11.9 Å². The summed E-state index contributed by atoms with van der Waals surface area (Å²) in [4.78, 5) is 27.8. The van der Waals surface area contributed by atoms with Crippen LogP contribution in [0.15, 0.2) is 18.3 Å². The number of hydrogen-bond donors (Lipinski definition) is 2. The Hall–Kier alpha value is -1.99. The van der Waals surface area contributed by atoms with E-state index in [1.54, 1.807) is 18.3 Å². The predicted molar refractivity (Wildman–Crippen MR) is 102 cm³/mol. The van der Waals surface area contributed by atoms with Crippen LogP contribution in [0.25, 0.3) is 0 Å². The van der Waals surface area contributed by atoms with Crippen LogP contribution in [-0.2, 0) is 25.7 Å². The minimum Gasteiger partial charge on any atom is -0.459 e. The first-order valence-electron chi connectivity index (χ1n) is 9.20. The van der Waals surface area contributed by atoms with Crippen molar-refractivity contribution in [3.05, 3.63) is 29.6 Å². The molecule has 0 aliphatic rings. The summed E-state index contributed by atoms with van der Waals surface area (Å²) in [6, 6.07) is 3.33. The molecule has 0 radical (unpaired) electrons. The highest BCUT2D eigenvalue weighted by molar-refractivity contribution is 5.72. The molecule has 0 aromatic carbocycles. The molecule has 7 nitrogen and oxygen atoms in total. The van der Waals surface area contributed by atoms with Crippen LogP contribution in [-0.4, -0.2) is 40.2 Å². The maximum atomic E-state index is 12.0. The molecule has 0 spiro atoms. The van der Waals surface area contributed by atoms with E-state index in [4.69, 9.17) is 9.47 Å². The van der Waals surface area contributed by atoms with E-state index in [0.29, 0.717) is 17.7 Å². The van der Waals surface area contributed by atoms with Crippen molar-refractivity contribution in [3.63, 3.8) is 0 Å². The summed E-state index contributed by atoms with van der Waals surface area (Å²) in [5, 5.41) is 12.5. The van der Waals surface area contributed by atoms with Crippen LogP contribution in [0.3, 0.4) is 0 Å². The normalized spacial score (nSPS) is 13.9. The molecule has 0 fully saturated rings. The standard InChI is InChI=1S/C20H32N2O5/c1-13(2)16(22-11-19(25)27-20(4,5)6)10-18(26-14(3)24)17-9-15(12-23)7-8-21-17/h7-9,13,16,18,22-23H,10-12H2,1-6H3/t16-,18-/m1/s1. The average Bonchev–Trinajstić information content (AvgIpc) is 2.55. The fourth-order valence-electron chi connectivity index (χ4n) is 2.61. The van der Waals surface area contributed by atoms with Crippen LogP contribution in [0.2, 0.25) is 0 Å². The highest BCUT2D eigenvalue weighted by atomic mass is 16.6. The molecule has 0 unspecified atom stereocenters. The summed E-state index contributed by atoms with van der Waals surface area (Å²) in [6.07, 6.45) is 1.45. The zero-order valence-corrected chi connectivity index (χ0v) is 17.1. The lowest BCUT2D eigenvalue weighted by molar-refractivity contribution is -0.154. The van der Waals surface area contributed by atoms with E-state index in [0.717, 1.165) is 0 Å². The summed E-state index contributed by atoms with van der Waals surface area (Å²) < 4.78 is 10.8. The van der Waals surface area contributed by atoms with E-state index in [9.17, 15) is 14.7 Å². The number of aromatic nitrogens is 1. The fourth-order valence-corrected chi connectivity index (χ4v) is 2.61. The SMILES string of the molecule is CC(=O)O[C@H](C[C@@H](NCC(=O)OC(C)(C)C)C(C)C)c1cc(CO)ccn1. The number of rotatable bonds is 9. The summed E-state index contributed by atoms with van der Waals surface area (Å²) in [5.74, 6) is -0.560. The third-order valence-corrected chi connectivity index (χ3v) is 3.87. The Bertz CT molecular complexity index is 625. The molecular weight excluding hydrogens is 348 g/mol. The number of aliphatic hydroxyl groups excluding tert-OH is 1. The van der Waals surface area contributed by atoms with E-state index in [-0.39, 0.29) is 31.1 Å². The molecule has 0 aliphatic heterocycles. The molecular formula is C20H32N2O5. The Kier molecular flexibility index (Phi) is 8.85. The highest BCUT2D eigenvalue weighted by Gasteiger charge is 2.25. The van der Waals surface area contributed by atoms with Gasteiger partial charge in [0, 0.05) is 25.6 Å². The highest BCUT2D eigenvalue weighted by Crippen LogP contribution is 2.25. The summed E-state index contributed by atoms with van der Waals surface area (Å²) in [5.41, 5.74) is 0.725. The van der Waals surface area contributed by atoms with Crippen LogP contribution in [0.5, 0.6) is 0 Å². The Morgan fingerprint density at radius 2 is 1.96 bits per heavy atom. The number of nitrogens with one attached hydrogen (secondary N) is 1. The van der Waals surface area contributed by atoms with Crippen molar-refractivity contribution < 1.29 is 24.2 Å². The van der Waals surface area contributed by atoms with Crippen LogP contribution < -0.4 is 5.32 Å². The topological polar surface area (TPSA) is 97.8 Å². The van der Waals surface area contributed by atoms with Crippen molar-refractivity contribution in [2.24, 2.45) is 5.92 Å². The lowest BCUT2D eigenvalue weighted by Gasteiger charge is -2.27. The Labute approximate surface area is 161 Å². The average molecular weight is 380 g/mol. The zero-order valence-electron chi connectivity index (χ0n) is 17.1. The first-order chi connectivity index (χ1) is 12.5. The molecule has 1 aromatic heterocycles. The number of nitrogens with zero attached hydrogens (tertiary/aromatic N) is 1. The Morgan fingerprint density at radius 1 is 1.30 bits per heavy atom. The van der Waals surface area contributed by atoms with Gasteiger partial charge in [0.05, 0.1) is 18.8 Å². The van der Waals surface area contributed by atoms with Crippen LogP contribution in [0.1, 0.15) is 65.3 Å². The minimum atomic E-state index is -0.576. The largest absolute Gasteiger partial charge is 0.459 e. The van der Waals surface area contributed by atoms with Gasteiger partial charge in [0.15, 0.2) is 0 Å². The lowest BCUT2D eigenvalue weighted by Crippen LogP contribution is -2.41. The molecule has 0 saturated heterocycles. The predicted octanol–water partition coefficient (Wildman–Crippen LogP) is 2.52. The van der Waals surface area contributed by atoms with Crippen molar-refractivity contribution in [1.82, 2.24) is 10.3 Å². The van der Waals surface area contributed by atoms with Gasteiger partial charge in [-0.1, -0.05) is 13.8 Å². The van der Waals surface area contributed by atoms with Crippen LogP contribution in [0, 0.1) is 5.92 Å². The second-order valence-electron chi connectivity index (χ2n) is 7.90. The van der Waals surface area contributed by atoms with Gasteiger partial charge in [0.2, 0.25) is 0 Å². The fraction of sp³-hybridized carbons (Fsp3) is 0.650. The second kappa shape index (κ2) is 10.4. The third-order valence-electron chi connectivity index (χ3n) is 3.87. The summed E-state index contributed by atoms with van der Waals surface area (Å²) >= 11 is 0. The molecule has 0 aliphatic carbocycles. The molecule has 2 atom stereocenters. The van der Waals surface area contributed by atoms with Gasteiger partial charge in [-0.2, -0.15) is 0 Å². The number of aliphatic hydroxyl groups is 1. The minimum absolute atomic E-state index is 0.0665. The van der Waals surface area contributed by atoms with E-state index < -0.39 is 17.7 Å². The molecule has 1 rings (SSSR count). The van der Waals surface area contributed by atoms with Gasteiger partial charge in [0.1, 0.15) is 11.7 Å². The number of ether oxygens (including phenoxy) is 2. The van der Waals surface area contributed by atoms with E-state index in [2.05, 4.69) is 10.3 Å². The van der Waals surface area contributed by atoms with Crippen LogP contribution >= 0.6 is 0 Å². The smallest absolute Gasteiger partial charge is 0.320 e. The molecule has 7 heteroatoms. The lowest BCUT2D eigenvalue weighted by atomic mass is 9.95. The Balaban J connectivity index is 2.87. The van der Waals surface area contributed by atoms with Crippen molar-refractivity contribution in [3.8, 4) is 0 Å². The Morgan fingerprint density at radius 3 is 2.48 bits per heavy atom. The van der Waals surface area contributed by atoms with Gasteiger partial charge in [-0.3, -0.25) is 14.6 Å². The molecule has 27 heavy (non-hydrogen) atoms. The first kappa shape index (κ1) is 23.0. The third kappa shape index (κ3) is 8.97. The second-order valence-corrected chi connectivity index (χ2v) is 7.90. The van der Waals surface area contributed by atoms with Gasteiger partial charge in [0.25, 0.3) is 0 Å². The maximum absolute atomic E-state index is 12.0. The molecule has 0 bridgehead atoms. The molecule has 0 amide bonds. The number of pyridine rings is 1. The number of carbonyl (C=O) groups is 2. The zero-order chi connectivity index (χ0) is 20.6. The maximum Gasteiger partial charge on any atom is 0.320 e. The van der Waals surface area contributed by atoms with E-state index in [1.165, 1.54) is 6.92 Å². The summed E-state index contributed by atoms with van der Waals surface area (Å²) in [7, 11) is 0. The van der Waals surface area contributed by atoms with Crippen molar-refractivity contribution in [2.45, 2.75) is 72.3 Å². The van der Waals surface area contributed by atoms with Gasteiger partial charge in [-0.15, -0.1) is 0 Å². The van der Waals surface area contributed by atoms with Gasteiger partial charge in [-0.05, 0) is 44.4 Å².